The van der Waals surface area contributed by atoms with Crippen LogP contribution in [0.1, 0.15) is 58.6 Å². The number of aliphatic imine (C=N–C) groups is 2. The fourth-order valence-electron chi connectivity index (χ4n) is 6.42. The van der Waals surface area contributed by atoms with Crippen LogP contribution >= 0.6 is 0 Å². The normalized spacial score (nSPS) is 15.5. The summed E-state index contributed by atoms with van der Waals surface area (Å²) in [7, 11) is 0. The third kappa shape index (κ3) is 10.2. The van der Waals surface area contributed by atoms with E-state index in [1.807, 2.05) is 12.4 Å². The molecule has 229 valence electrons. The SMILES string of the molecule is C1=NCCc2ccc3c(c21)CCO3.C1=NCCc2ccc3c(c21)CCO3.O.[B].[B].[B].[Ca+2].[Ca+2].[Ca+2].[H-].[H-].[H-].[H-].[H-].[H-].c1cc2c(c3c1CCNC3)CCO2. The zero-order chi connectivity index (χ0) is 26.0. The van der Waals surface area contributed by atoms with Gasteiger partial charge in [0, 0.05) is 104 Å². The van der Waals surface area contributed by atoms with Gasteiger partial charge in [-0.15, -0.1) is 0 Å². The van der Waals surface area contributed by atoms with Crippen molar-refractivity contribution in [2.24, 2.45) is 9.98 Å². The predicted octanol–water partition coefficient (Wildman–Crippen LogP) is 2.03. The maximum atomic E-state index is 5.54. The van der Waals surface area contributed by atoms with Crippen LogP contribution in [0.3, 0.4) is 0 Å². The van der Waals surface area contributed by atoms with E-state index in [1.54, 1.807) is 0 Å². The second-order valence-electron chi connectivity index (χ2n) is 10.7. The molecule has 0 aromatic heterocycles. The number of ether oxygens (including phenoxy) is 3. The summed E-state index contributed by atoms with van der Waals surface area (Å²) >= 11 is 0. The largest absolute Gasteiger partial charge is 2.00 e. The molecular weight excluding hydrogens is 655 g/mol. The fourth-order valence-corrected chi connectivity index (χ4v) is 6.42. The van der Waals surface area contributed by atoms with Gasteiger partial charge >= 0.3 is 113 Å². The van der Waals surface area contributed by atoms with E-state index in [0.717, 1.165) is 95.4 Å². The molecule has 3 aromatic carbocycles. The maximum absolute atomic E-state index is 5.54. The summed E-state index contributed by atoms with van der Waals surface area (Å²) in [6.07, 6.45) is 10.5. The minimum Gasteiger partial charge on any atom is -1.00 e. The maximum Gasteiger partial charge on any atom is 2.00 e. The van der Waals surface area contributed by atoms with Crippen molar-refractivity contribution < 1.29 is 28.2 Å². The van der Waals surface area contributed by atoms with Crippen LogP contribution in [0, 0.1) is 0 Å². The molecule has 9 rings (SSSR count). The quantitative estimate of drug-likeness (QED) is 0.364. The molecule has 0 spiro atoms. The molecule has 0 fully saturated rings. The van der Waals surface area contributed by atoms with Gasteiger partial charge in [-0.05, 0) is 66.3 Å². The van der Waals surface area contributed by atoms with Crippen LogP contribution < -0.4 is 19.5 Å². The molecule has 7 nitrogen and oxygen atoms in total. The van der Waals surface area contributed by atoms with Crippen LogP contribution in [0.5, 0.6) is 17.2 Å². The molecule has 6 aliphatic heterocycles. The zero-order valence-corrected chi connectivity index (χ0v) is 33.4. The van der Waals surface area contributed by atoms with E-state index in [2.05, 4.69) is 51.7 Å². The summed E-state index contributed by atoms with van der Waals surface area (Å²) in [5.74, 6) is 3.24. The molecule has 3 aromatic rings. The molecular formula is C33H43B3Ca3N3O4. The van der Waals surface area contributed by atoms with Crippen molar-refractivity contribution in [1.29, 1.82) is 0 Å². The molecule has 0 bridgehead atoms. The van der Waals surface area contributed by atoms with Crippen molar-refractivity contribution in [3.8, 4) is 17.2 Å². The molecule has 3 N–H and O–H groups in total. The van der Waals surface area contributed by atoms with Crippen LogP contribution in [0.25, 0.3) is 0 Å². The number of fused-ring (bicyclic) bond motifs is 9. The van der Waals surface area contributed by atoms with Gasteiger partial charge in [0.15, 0.2) is 0 Å². The van der Waals surface area contributed by atoms with E-state index in [-0.39, 0.29) is 152 Å². The monoisotopic (exact) mass is 698 g/mol. The Bertz CT molecular complexity index is 1450. The standard InChI is InChI=1S/C11H13NO.2C11H11NO.3B.3Ca.H2O.6H/c3*1-2-11-9(4-6-13-11)10-7-12-5-3-8(1)10;;;;;;;;;;;;;/h1-2,12H,3-7H2;2*1-2,7H,3-6H2;;;;;;;1H2;;;;;;/q;;;;;;3*+2;;6*-1. The van der Waals surface area contributed by atoms with E-state index >= 15 is 0 Å². The van der Waals surface area contributed by atoms with Crippen molar-refractivity contribution in [3.63, 3.8) is 0 Å². The Balaban J connectivity index is -0.000000104. The van der Waals surface area contributed by atoms with Gasteiger partial charge in [0.25, 0.3) is 0 Å². The first-order valence-corrected chi connectivity index (χ1v) is 14.4. The van der Waals surface area contributed by atoms with Gasteiger partial charge in [-0.2, -0.15) is 0 Å². The summed E-state index contributed by atoms with van der Waals surface area (Å²) in [5, 5.41) is 3.42. The summed E-state index contributed by atoms with van der Waals surface area (Å²) in [4.78, 5) is 8.63. The van der Waals surface area contributed by atoms with E-state index in [1.165, 1.54) is 56.5 Å². The van der Waals surface area contributed by atoms with Crippen LogP contribution in [0.2, 0.25) is 0 Å². The number of nitrogens with one attached hydrogen (secondary N) is 1. The molecule has 6 aliphatic rings. The molecule has 6 heterocycles. The average molecular weight is 698 g/mol. The van der Waals surface area contributed by atoms with E-state index in [0.29, 0.717) is 0 Å². The first kappa shape index (κ1) is 46.3. The third-order valence-corrected chi connectivity index (χ3v) is 8.46. The number of benzene rings is 3. The fraction of sp³-hybridized carbons (Fsp3) is 0.394. The molecule has 9 radical (unpaired) electrons. The van der Waals surface area contributed by atoms with E-state index in [9.17, 15) is 0 Å². The average Bonchev–Trinajstić information content (AvgIpc) is 3.78. The molecule has 46 heavy (non-hydrogen) atoms. The topological polar surface area (TPSA) is 95.9 Å². The van der Waals surface area contributed by atoms with Crippen LogP contribution in [-0.2, 0) is 45.1 Å². The Morgan fingerprint density at radius 3 is 1.46 bits per heavy atom. The van der Waals surface area contributed by atoms with E-state index in [4.69, 9.17) is 14.2 Å². The van der Waals surface area contributed by atoms with Gasteiger partial charge in [0.2, 0.25) is 0 Å². The van der Waals surface area contributed by atoms with Gasteiger partial charge < -0.3 is 33.6 Å². The van der Waals surface area contributed by atoms with E-state index < -0.39 is 0 Å². The van der Waals surface area contributed by atoms with Gasteiger partial charge in [-0.25, -0.2) is 0 Å². The second-order valence-corrected chi connectivity index (χ2v) is 10.7. The number of hydrogen-bond acceptors (Lipinski definition) is 6. The van der Waals surface area contributed by atoms with Crippen LogP contribution in [-0.4, -0.2) is 196 Å². The van der Waals surface area contributed by atoms with Crippen molar-refractivity contribution in [2.45, 2.75) is 45.1 Å². The molecule has 0 saturated heterocycles. The third-order valence-electron chi connectivity index (χ3n) is 8.46. The number of rotatable bonds is 0. The number of nitrogens with zero attached hydrogens (tertiary/aromatic N) is 2. The molecule has 13 heteroatoms. The van der Waals surface area contributed by atoms with Gasteiger partial charge in [0.05, 0.1) is 19.8 Å². The van der Waals surface area contributed by atoms with Crippen molar-refractivity contribution in [2.75, 3.05) is 39.5 Å². The Morgan fingerprint density at radius 1 is 0.522 bits per heavy atom. The van der Waals surface area contributed by atoms with Gasteiger partial charge in [0.1, 0.15) is 17.2 Å². The minimum absolute atomic E-state index is 0. The number of hydrogen-bond donors (Lipinski definition) is 1. The Hall–Kier alpha value is 0.294. The molecule has 0 saturated carbocycles. The Kier molecular flexibility index (Phi) is 22.3. The zero-order valence-electron chi connectivity index (χ0n) is 32.8. The molecule has 0 amide bonds. The molecule has 0 atom stereocenters. The van der Waals surface area contributed by atoms with Gasteiger partial charge in [-0.3, -0.25) is 9.98 Å². The van der Waals surface area contributed by atoms with Gasteiger partial charge in [-0.1, -0.05) is 18.2 Å². The minimum atomic E-state index is 0. The smallest absolute Gasteiger partial charge is 1.00 e. The summed E-state index contributed by atoms with van der Waals surface area (Å²) in [6, 6.07) is 12.9. The predicted molar refractivity (Wildman–Crippen MR) is 199 cm³/mol. The van der Waals surface area contributed by atoms with Crippen molar-refractivity contribution in [3.05, 3.63) is 86.5 Å². The first-order valence-electron chi connectivity index (χ1n) is 14.4. The van der Waals surface area contributed by atoms with Crippen LogP contribution in [0.15, 0.2) is 46.4 Å². The summed E-state index contributed by atoms with van der Waals surface area (Å²) in [5.41, 5.74) is 12.7. The Morgan fingerprint density at radius 2 is 0.957 bits per heavy atom. The van der Waals surface area contributed by atoms with Crippen molar-refractivity contribution >= 4 is 151 Å². The summed E-state index contributed by atoms with van der Waals surface area (Å²) < 4.78 is 16.5. The second kappa shape index (κ2) is 22.2. The molecule has 0 aliphatic carbocycles. The Labute approximate surface area is 377 Å². The van der Waals surface area contributed by atoms with Crippen molar-refractivity contribution in [1.82, 2.24) is 5.32 Å². The first-order chi connectivity index (χ1) is 19.3. The molecule has 0 unspecified atom stereocenters. The summed E-state index contributed by atoms with van der Waals surface area (Å²) in [6.45, 7) is 6.55. The van der Waals surface area contributed by atoms with Crippen LogP contribution in [0.4, 0.5) is 0 Å².